The summed E-state index contributed by atoms with van der Waals surface area (Å²) in [6, 6.07) is 9.39. The van der Waals surface area contributed by atoms with E-state index in [9.17, 15) is 0 Å². The highest BCUT2D eigenvalue weighted by Crippen LogP contribution is 2.08. The van der Waals surface area contributed by atoms with E-state index in [-0.39, 0.29) is 0 Å². The molecule has 0 spiro atoms. The molecule has 2 heteroatoms. The lowest BCUT2D eigenvalue weighted by Crippen LogP contribution is -2.43. The molecule has 0 aliphatic carbocycles. The van der Waals surface area contributed by atoms with Gasteiger partial charge >= 0.3 is 0 Å². The highest BCUT2D eigenvalue weighted by molar-refractivity contribution is 6.95. The van der Waals surface area contributed by atoms with Crippen molar-refractivity contribution in [2.75, 3.05) is 0 Å². The van der Waals surface area contributed by atoms with Crippen molar-refractivity contribution in [2.24, 2.45) is 0 Å². The molecule has 0 radical (unpaired) electrons. The standard InChI is InChI=1S/C16H26Si2/c1-7-13-17(3,4)15-9-11-16(12-10-15)18(5,6)14-8-2/h7-14H,1-6H3. The molecule has 0 unspecified atom stereocenters. The minimum absolute atomic E-state index is 1.36. The molecule has 0 amide bonds. The second-order valence-corrected chi connectivity index (χ2v) is 14.7. The molecule has 0 bridgehead atoms. The Balaban J connectivity index is 3.07. The Bertz CT molecular complexity index is 394. The fourth-order valence-corrected chi connectivity index (χ4v) is 6.46. The van der Waals surface area contributed by atoms with Crippen LogP contribution in [0.3, 0.4) is 0 Å². The van der Waals surface area contributed by atoms with Crippen LogP contribution in [-0.4, -0.2) is 16.1 Å². The van der Waals surface area contributed by atoms with E-state index in [1.807, 2.05) is 0 Å². The molecule has 1 aromatic carbocycles. The summed E-state index contributed by atoms with van der Waals surface area (Å²) < 4.78 is 0. The maximum absolute atomic E-state index is 2.40. The molecule has 0 atom stereocenters. The van der Waals surface area contributed by atoms with Crippen LogP contribution in [0.4, 0.5) is 0 Å². The second-order valence-electron chi connectivity index (χ2n) is 6.02. The van der Waals surface area contributed by atoms with E-state index in [2.05, 4.69) is 87.9 Å². The van der Waals surface area contributed by atoms with Gasteiger partial charge in [0.2, 0.25) is 0 Å². The van der Waals surface area contributed by atoms with Crippen LogP contribution < -0.4 is 10.4 Å². The molecule has 0 aliphatic heterocycles. The van der Waals surface area contributed by atoms with Crippen LogP contribution in [0.15, 0.2) is 47.8 Å². The number of rotatable bonds is 4. The molecule has 0 aliphatic rings. The molecule has 0 saturated carbocycles. The van der Waals surface area contributed by atoms with Gasteiger partial charge in [-0.3, -0.25) is 0 Å². The smallest absolute Gasteiger partial charge is 0.0952 e. The van der Waals surface area contributed by atoms with E-state index < -0.39 is 16.1 Å². The molecule has 0 heterocycles. The van der Waals surface area contributed by atoms with E-state index in [1.165, 1.54) is 10.4 Å². The maximum atomic E-state index is 2.40. The Morgan fingerprint density at radius 3 is 1.17 bits per heavy atom. The van der Waals surface area contributed by atoms with Crippen LogP contribution in [-0.2, 0) is 0 Å². The molecule has 18 heavy (non-hydrogen) atoms. The molecule has 0 saturated heterocycles. The van der Waals surface area contributed by atoms with Crippen LogP contribution in [0, 0.1) is 0 Å². The average Bonchev–Trinajstić information content (AvgIpc) is 2.29. The summed E-state index contributed by atoms with van der Waals surface area (Å²) in [6.45, 7) is 13.8. The summed E-state index contributed by atoms with van der Waals surface area (Å²) in [4.78, 5) is 0. The molecule has 98 valence electrons. The summed E-state index contributed by atoms with van der Waals surface area (Å²) in [7, 11) is -2.73. The third-order valence-electron chi connectivity index (χ3n) is 3.54. The van der Waals surface area contributed by atoms with Crippen molar-refractivity contribution in [3.05, 3.63) is 47.8 Å². The molecule has 0 fully saturated rings. The van der Waals surface area contributed by atoms with Crippen molar-refractivity contribution in [3.8, 4) is 0 Å². The lowest BCUT2D eigenvalue weighted by Gasteiger charge is -2.22. The Hall–Kier alpha value is -0.866. The fraction of sp³-hybridized carbons (Fsp3) is 0.375. The van der Waals surface area contributed by atoms with Crippen LogP contribution in [0.2, 0.25) is 26.2 Å². The second kappa shape index (κ2) is 5.85. The largest absolute Gasteiger partial charge is 0.103 e. The maximum Gasteiger partial charge on any atom is 0.103 e. The molecular weight excluding hydrogens is 248 g/mol. The zero-order valence-corrected chi connectivity index (χ0v) is 14.6. The quantitative estimate of drug-likeness (QED) is 0.734. The Morgan fingerprint density at radius 2 is 0.944 bits per heavy atom. The molecule has 0 nitrogen and oxygen atoms in total. The molecule has 0 N–H and O–H groups in total. The molecule has 0 aromatic heterocycles. The van der Waals surface area contributed by atoms with Crippen LogP contribution in [0.25, 0.3) is 0 Å². The topological polar surface area (TPSA) is 0 Å². The van der Waals surface area contributed by atoms with Gasteiger partial charge in [0.25, 0.3) is 0 Å². The Labute approximate surface area is 114 Å². The van der Waals surface area contributed by atoms with E-state index in [4.69, 9.17) is 0 Å². The summed E-state index contributed by atoms with van der Waals surface area (Å²) in [5.41, 5.74) is 4.80. The van der Waals surface area contributed by atoms with Gasteiger partial charge in [-0.25, -0.2) is 0 Å². The van der Waals surface area contributed by atoms with Crippen molar-refractivity contribution < 1.29 is 0 Å². The predicted molar refractivity (Wildman–Crippen MR) is 90.3 cm³/mol. The first-order chi connectivity index (χ1) is 8.33. The first-order valence-electron chi connectivity index (χ1n) is 6.72. The van der Waals surface area contributed by atoms with Crippen LogP contribution >= 0.6 is 0 Å². The summed E-state index contributed by atoms with van der Waals surface area (Å²) >= 11 is 0. The lowest BCUT2D eigenvalue weighted by atomic mass is 10.4. The van der Waals surface area contributed by atoms with Gasteiger partial charge in [-0.05, 0) is 13.8 Å². The zero-order valence-electron chi connectivity index (χ0n) is 12.6. The fourth-order valence-electron chi connectivity index (χ4n) is 2.36. The summed E-state index contributed by atoms with van der Waals surface area (Å²) in [5, 5.41) is 3.05. The van der Waals surface area contributed by atoms with Crippen molar-refractivity contribution in [2.45, 2.75) is 40.0 Å². The van der Waals surface area contributed by atoms with Crippen molar-refractivity contribution in [1.29, 1.82) is 0 Å². The highest BCUT2D eigenvalue weighted by atomic mass is 28.3. The monoisotopic (exact) mass is 274 g/mol. The van der Waals surface area contributed by atoms with E-state index in [0.717, 1.165) is 0 Å². The first kappa shape index (κ1) is 15.2. The van der Waals surface area contributed by atoms with Gasteiger partial charge in [-0.15, -0.1) is 0 Å². The number of hydrogen-bond donors (Lipinski definition) is 0. The van der Waals surface area contributed by atoms with E-state index >= 15 is 0 Å². The van der Waals surface area contributed by atoms with Gasteiger partial charge in [0.05, 0.1) is 0 Å². The minimum Gasteiger partial charge on any atom is -0.0952 e. The molecule has 1 rings (SSSR count). The zero-order chi connectivity index (χ0) is 13.8. The minimum atomic E-state index is -1.36. The van der Waals surface area contributed by atoms with Crippen molar-refractivity contribution in [1.82, 2.24) is 0 Å². The number of allylic oxidation sites excluding steroid dienone is 2. The molecular formula is C16H26Si2. The lowest BCUT2D eigenvalue weighted by molar-refractivity contribution is 1.67. The van der Waals surface area contributed by atoms with Crippen LogP contribution in [0.1, 0.15) is 13.8 Å². The molecule has 1 aromatic rings. The van der Waals surface area contributed by atoms with Gasteiger partial charge in [0, 0.05) is 0 Å². The van der Waals surface area contributed by atoms with E-state index in [0.29, 0.717) is 0 Å². The van der Waals surface area contributed by atoms with Crippen molar-refractivity contribution >= 4 is 26.5 Å². The summed E-state index contributed by atoms with van der Waals surface area (Å²) in [5.74, 6) is 0. The number of benzene rings is 1. The predicted octanol–water partition coefficient (Wildman–Crippen LogP) is 3.75. The summed E-state index contributed by atoms with van der Waals surface area (Å²) in [6.07, 6.45) is 4.39. The van der Waals surface area contributed by atoms with E-state index in [1.54, 1.807) is 0 Å². The third kappa shape index (κ3) is 3.56. The van der Waals surface area contributed by atoms with Gasteiger partial charge in [-0.1, -0.05) is 84.4 Å². The van der Waals surface area contributed by atoms with Gasteiger partial charge in [0.1, 0.15) is 16.1 Å². The average molecular weight is 275 g/mol. The Kier molecular flexibility index (Phi) is 4.94. The SMILES string of the molecule is CC=C[Si](C)(C)c1ccc([Si](C)(C)C=CC)cc1. The number of hydrogen-bond acceptors (Lipinski definition) is 0. The third-order valence-corrected chi connectivity index (χ3v) is 9.52. The van der Waals surface area contributed by atoms with Crippen molar-refractivity contribution in [3.63, 3.8) is 0 Å². The van der Waals surface area contributed by atoms with Crippen LogP contribution in [0.5, 0.6) is 0 Å². The normalized spacial score (nSPS) is 13.7. The van der Waals surface area contributed by atoms with Gasteiger partial charge in [0.15, 0.2) is 0 Å². The van der Waals surface area contributed by atoms with Gasteiger partial charge in [-0.2, -0.15) is 0 Å². The van der Waals surface area contributed by atoms with Gasteiger partial charge < -0.3 is 0 Å². The highest BCUT2D eigenvalue weighted by Gasteiger charge is 2.22. The first-order valence-corrected chi connectivity index (χ1v) is 12.9. The Morgan fingerprint density at radius 1 is 0.667 bits per heavy atom.